The Hall–Kier alpha value is -1.60. The standard InChI is InChI=1S/C11H13FN2O/c1-11(14,8-13)6-7-15-10-5-3-2-4-9(10)12/h2-5H,6-7,14H2,1H3. The molecule has 1 atom stereocenters. The van der Waals surface area contributed by atoms with Gasteiger partial charge in [0.2, 0.25) is 0 Å². The number of para-hydroxylation sites is 1. The van der Waals surface area contributed by atoms with Gasteiger partial charge in [-0.15, -0.1) is 0 Å². The lowest BCUT2D eigenvalue weighted by Gasteiger charge is -2.15. The van der Waals surface area contributed by atoms with Gasteiger partial charge in [-0.25, -0.2) is 4.39 Å². The zero-order valence-corrected chi connectivity index (χ0v) is 8.53. The van der Waals surface area contributed by atoms with Crippen LogP contribution in [0, 0.1) is 17.1 Å². The molecule has 1 unspecified atom stereocenters. The number of nitrogens with two attached hydrogens (primary N) is 1. The average Bonchev–Trinajstić information content (AvgIpc) is 2.21. The van der Waals surface area contributed by atoms with Crippen molar-refractivity contribution in [3.05, 3.63) is 30.1 Å². The minimum absolute atomic E-state index is 0.186. The molecule has 0 aliphatic heterocycles. The summed E-state index contributed by atoms with van der Waals surface area (Å²) in [6, 6.07) is 8.08. The minimum atomic E-state index is -0.925. The van der Waals surface area contributed by atoms with Gasteiger partial charge in [0.15, 0.2) is 11.6 Å². The van der Waals surface area contributed by atoms with Gasteiger partial charge in [-0.2, -0.15) is 5.26 Å². The molecule has 80 valence electrons. The molecule has 0 saturated carbocycles. The Morgan fingerprint density at radius 2 is 2.20 bits per heavy atom. The van der Waals surface area contributed by atoms with E-state index in [0.29, 0.717) is 6.42 Å². The fourth-order valence-corrected chi connectivity index (χ4v) is 0.991. The first-order valence-electron chi connectivity index (χ1n) is 4.62. The predicted molar refractivity (Wildman–Crippen MR) is 54.7 cm³/mol. The number of hydrogen-bond acceptors (Lipinski definition) is 3. The topological polar surface area (TPSA) is 59.0 Å². The van der Waals surface area contributed by atoms with Crippen molar-refractivity contribution in [2.24, 2.45) is 5.73 Å². The van der Waals surface area contributed by atoms with Crippen LogP contribution >= 0.6 is 0 Å². The molecular weight excluding hydrogens is 195 g/mol. The lowest BCUT2D eigenvalue weighted by Crippen LogP contribution is -2.35. The number of nitriles is 1. The summed E-state index contributed by atoms with van der Waals surface area (Å²) >= 11 is 0. The molecule has 1 aromatic carbocycles. The number of ether oxygens (including phenoxy) is 1. The quantitative estimate of drug-likeness (QED) is 0.821. The molecule has 0 aromatic heterocycles. The van der Waals surface area contributed by atoms with Crippen LogP contribution in [0.25, 0.3) is 0 Å². The SMILES string of the molecule is CC(N)(C#N)CCOc1ccccc1F. The number of hydrogen-bond donors (Lipinski definition) is 1. The van der Waals surface area contributed by atoms with Crippen LogP contribution < -0.4 is 10.5 Å². The molecule has 1 rings (SSSR count). The number of halogens is 1. The van der Waals surface area contributed by atoms with Crippen LogP contribution in [0.2, 0.25) is 0 Å². The maximum atomic E-state index is 13.1. The Kier molecular flexibility index (Phi) is 3.64. The maximum Gasteiger partial charge on any atom is 0.165 e. The lowest BCUT2D eigenvalue weighted by molar-refractivity contribution is 0.274. The summed E-state index contributed by atoms with van der Waals surface area (Å²) in [5.74, 6) is -0.223. The fraction of sp³-hybridized carbons (Fsp3) is 0.364. The average molecular weight is 208 g/mol. The minimum Gasteiger partial charge on any atom is -0.490 e. The molecule has 0 aliphatic carbocycles. The van der Waals surface area contributed by atoms with Gasteiger partial charge in [-0.05, 0) is 19.1 Å². The van der Waals surface area contributed by atoms with E-state index < -0.39 is 11.4 Å². The van der Waals surface area contributed by atoms with Gasteiger partial charge >= 0.3 is 0 Å². The van der Waals surface area contributed by atoms with E-state index in [2.05, 4.69) is 0 Å². The molecule has 2 N–H and O–H groups in total. The summed E-state index contributed by atoms with van der Waals surface area (Å²) in [6.07, 6.45) is 0.359. The van der Waals surface area contributed by atoms with Crippen LogP contribution in [0.15, 0.2) is 24.3 Å². The first-order valence-corrected chi connectivity index (χ1v) is 4.62. The van der Waals surface area contributed by atoms with Crippen molar-refractivity contribution in [2.75, 3.05) is 6.61 Å². The second kappa shape index (κ2) is 4.76. The smallest absolute Gasteiger partial charge is 0.165 e. The summed E-state index contributed by atoms with van der Waals surface area (Å²) in [4.78, 5) is 0. The van der Waals surface area contributed by atoms with Crippen LogP contribution in [0.4, 0.5) is 4.39 Å². The highest BCUT2D eigenvalue weighted by Crippen LogP contribution is 2.16. The molecule has 4 heteroatoms. The normalized spacial score (nSPS) is 14.0. The third-order valence-corrected chi connectivity index (χ3v) is 1.97. The first-order chi connectivity index (χ1) is 7.05. The van der Waals surface area contributed by atoms with E-state index in [1.165, 1.54) is 12.1 Å². The summed E-state index contributed by atoms with van der Waals surface area (Å²) in [7, 11) is 0. The van der Waals surface area contributed by atoms with E-state index in [-0.39, 0.29) is 12.4 Å². The maximum absolute atomic E-state index is 13.1. The third kappa shape index (κ3) is 3.56. The Morgan fingerprint density at radius 1 is 1.53 bits per heavy atom. The van der Waals surface area contributed by atoms with Gasteiger partial charge in [0.05, 0.1) is 12.7 Å². The van der Waals surface area contributed by atoms with Crippen LogP contribution in [-0.2, 0) is 0 Å². The number of nitrogens with zero attached hydrogens (tertiary/aromatic N) is 1. The first kappa shape index (κ1) is 11.5. The Bertz CT molecular complexity index is 371. The van der Waals surface area contributed by atoms with Crippen LogP contribution in [0.5, 0.6) is 5.75 Å². The number of rotatable bonds is 4. The zero-order valence-electron chi connectivity index (χ0n) is 8.53. The second-order valence-electron chi connectivity index (χ2n) is 3.56. The molecule has 0 radical (unpaired) electrons. The van der Waals surface area contributed by atoms with E-state index in [4.69, 9.17) is 15.7 Å². The molecule has 1 aromatic rings. The monoisotopic (exact) mass is 208 g/mol. The molecule has 0 amide bonds. The van der Waals surface area contributed by atoms with E-state index in [9.17, 15) is 4.39 Å². The molecule has 3 nitrogen and oxygen atoms in total. The van der Waals surface area contributed by atoms with Crippen molar-refractivity contribution >= 4 is 0 Å². The van der Waals surface area contributed by atoms with E-state index >= 15 is 0 Å². The zero-order chi connectivity index (χ0) is 11.3. The molecule has 0 bridgehead atoms. The Balaban J connectivity index is 2.46. The van der Waals surface area contributed by atoms with E-state index in [0.717, 1.165) is 0 Å². The van der Waals surface area contributed by atoms with Crippen molar-refractivity contribution in [3.63, 3.8) is 0 Å². The van der Waals surface area contributed by atoms with Crippen molar-refractivity contribution < 1.29 is 9.13 Å². The summed E-state index contributed by atoms with van der Waals surface area (Å²) in [5.41, 5.74) is 4.66. The molecule has 0 spiro atoms. The summed E-state index contributed by atoms with van der Waals surface area (Å²) in [6.45, 7) is 1.83. The van der Waals surface area contributed by atoms with E-state index in [1.807, 2.05) is 6.07 Å². The fourth-order valence-electron chi connectivity index (χ4n) is 0.991. The molecular formula is C11H13FN2O. The van der Waals surface area contributed by atoms with Crippen molar-refractivity contribution in [3.8, 4) is 11.8 Å². The molecule has 0 heterocycles. The van der Waals surface area contributed by atoms with Crippen LogP contribution in [0.1, 0.15) is 13.3 Å². The van der Waals surface area contributed by atoms with Crippen molar-refractivity contribution in [1.29, 1.82) is 5.26 Å². The highest BCUT2D eigenvalue weighted by Gasteiger charge is 2.17. The molecule has 0 saturated heterocycles. The van der Waals surface area contributed by atoms with Gasteiger partial charge in [-0.3, -0.25) is 0 Å². The predicted octanol–water partition coefficient (Wildman–Crippen LogP) is 1.84. The summed E-state index contributed by atoms with van der Waals surface area (Å²) < 4.78 is 18.2. The van der Waals surface area contributed by atoms with Crippen LogP contribution in [0.3, 0.4) is 0 Å². The van der Waals surface area contributed by atoms with Crippen molar-refractivity contribution in [2.45, 2.75) is 18.9 Å². The van der Waals surface area contributed by atoms with Gasteiger partial charge < -0.3 is 10.5 Å². The Morgan fingerprint density at radius 3 is 2.80 bits per heavy atom. The Labute approximate surface area is 88.3 Å². The van der Waals surface area contributed by atoms with Gasteiger partial charge in [0.25, 0.3) is 0 Å². The number of benzene rings is 1. The lowest BCUT2D eigenvalue weighted by atomic mass is 10.0. The van der Waals surface area contributed by atoms with Gasteiger partial charge in [0.1, 0.15) is 5.54 Å². The largest absolute Gasteiger partial charge is 0.490 e. The summed E-state index contributed by atoms with van der Waals surface area (Å²) in [5, 5.41) is 8.64. The van der Waals surface area contributed by atoms with Gasteiger partial charge in [-0.1, -0.05) is 12.1 Å². The van der Waals surface area contributed by atoms with Crippen LogP contribution in [-0.4, -0.2) is 12.1 Å². The molecule has 0 aliphatic rings. The molecule has 15 heavy (non-hydrogen) atoms. The third-order valence-electron chi connectivity index (χ3n) is 1.97. The van der Waals surface area contributed by atoms with E-state index in [1.54, 1.807) is 19.1 Å². The highest BCUT2D eigenvalue weighted by molar-refractivity contribution is 5.23. The van der Waals surface area contributed by atoms with Gasteiger partial charge in [0, 0.05) is 6.42 Å². The highest BCUT2D eigenvalue weighted by atomic mass is 19.1. The van der Waals surface area contributed by atoms with Crippen molar-refractivity contribution in [1.82, 2.24) is 0 Å². The molecule has 0 fully saturated rings. The second-order valence-corrected chi connectivity index (χ2v) is 3.56.